The minimum atomic E-state index is -0.827. The molecule has 0 saturated carbocycles. The van der Waals surface area contributed by atoms with Gasteiger partial charge in [-0.05, 0) is 27.7 Å². The van der Waals surface area contributed by atoms with Crippen molar-refractivity contribution in [2.75, 3.05) is 0 Å². The van der Waals surface area contributed by atoms with Gasteiger partial charge in [-0.2, -0.15) is 0 Å². The lowest BCUT2D eigenvalue weighted by molar-refractivity contribution is -0.142. The van der Waals surface area contributed by atoms with E-state index in [1.807, 2.05) is 20.8 Å². The van der Waals surface area contributed by atoms with Crippen LogP contribution in [0.15, 0.2) is 0 Å². The second-order valence-electron chi connectivity index (χ2n) is 4.46. The number of carbonyl (C=O) groups is 1. The maximum Gasteiger partial charge on any atom is 0.307 e. The van der Waals surface area contributed by atoms with E-state index < -0.39 is 23.5 Å². The first-order valence-corrected chi connectivity index (χ1v) is 4.87. The normalized spacial score (nSPS) is 18.7. The summed E-state index contributed by atoms with van der Waals surface area (Å²) in [4.78, 5) is 10.7. The van der Waals surface area contributed by atoms with E-state index in [-0.39, 0.29) is 6.04 Å². The van der Waals surface area contributed by atoms with Gasteiger partial charge in [-0.1, -0.05) is 6.92 Å². The van der Waals surface area contributed by atoms with E-state index in [2.05, 4.69) is 5.32 Å². The Hall–Kier alpha value is -0.610. The van der Waals surface area contributed by atoms with Crippen molar-refractivity contribution >= 4 is 5.97 Å². The monoisotopic (exact) mass is 203 g/mol. The van der Waals surface area contributed by atoms with Gasteiger partial charge in [-0.3, -0.25) is 4.79 Å². The number of rotatable bonds is 5. The number of carboxylic acids is 1. The average molecular weight is 203 g/mol. The first-order valence-electron chi connectivity index (χ1n) is 4.87. The summed E-state index contributed by atoms with van der Waals surface area (Å²) in [6.45, 7) is 8.84. The SMILES string of the molecule is CC(NC(C)(C)C(C)O)C(C)C(=O)O. The second-order valence-corrected chi connectivity index (χ2v) is 4.46. The molecule has 0 aliphatic carbocycles. The van der Waals surface area contributed by atoms with Crippen molar-refractivity contribution in [1.29, 1.82) is 0 Å². The van der Waals surface area contributed by atoms with Crippen LogP contribution in [0.5, 0.6) is 0 Å². The summed E-state index contributed by atoms with van der Waals surface area (Å²) in [5.41, 5.74) is -0.469. The summed E-state index contributed by atoms with van der Waals surface area (Å²) < 4.78 is 0. The number of aliphatic carboxylic acids is 1. The third-order valence-corrected chi connectivity index (χ3v) is 2.78. The molecule has 0 fully saturated rings. The standard InChI is InChI=1S/C10H21NO3/c1-6(9(13)14)7(2)11-10(4,5)8(3)12/h6-8,11-12H,1-5H3,(H,13,14). The molecule has 0 aliphatic rings. The number of aliphatic hydroxyl groups excluding tert-OH is 1. The van der Waals surface area contributed by atoms with E-state index in [0.717, 1.165) is 0 Å². The molecular weight excluding hydrogens is 182 g/mol. The molecule has 0 heterocycles. The van der Waals surface area contributed by atoms with Gasteiger partial charge >= 0.3 is 5.97 Å². The molecule has 0 aromatic heterocycles. The lowest BCUT2D eigenvalue weighted by Crippen LogP contribution is -2.54. The van der Waals surface area contributed by atoms with Gasteiger partial charge < -0.3 is 15.5 Å². The lowest BCUT2D eigenvalue weighted by atomic mass is 9.94. The van der Waals surface area contributed by atoms with Crippen LogP contribution < -0.4 is 5.32 Å². The zero-order chi connectivity index (χ0) is 11.5. The van der Waals surface area contributed by atoms with Gasteiger partial charge in [0.15, 0.2) is 0 Å². The zero-order valence-electron chi connectivity index (χ0n) is 9.53. The summed E-state index contributed by atoms with van der Waals surface area (Å²) in [6, 6.07) is -0.169. The van der Waals surface area contributed by atoms with Crippen molar-refractivity contribution in [3.05, 3.63) is 0 Å². The largest absolute Gasteiger partial charge is 0.481 e. The Bertz CT molecular complexity index is 202. The van der Waals surface area contributed by atoms with Crippen molar-refractivity contribution in [3.63, 3.8) is 0 Å². The van der Waals surface area contributed by atoms with Crippen LogP contribution in [0.3, 0.4) is 0 Å². The van der Waals surface area contributed by atoms with Crippen LogP contribution in [-0.2, 0) is 4.79 Å². The molecule has 84 valence electrons. The summed E-state index contributed by atoms with van der Waals surface area (Å²) in [5, 5.41) is 21.3. The predicted octanol–water partition coefficient (Wildman–Crippen LogP) is 0.845. The van der Waals surface area contributed by atoms with Gasteiger partial charge in [0, 0.05) is 11.6 Å². The number of carboxylic acid groups (broad SMARTS) is 1. The molecule has 3 N–H and O–H groups in total. The maximum absolute atomic E-state index is 10.7. The Kier molecular flexibility index (Phi) is 4.55. The minimum Gasteiger partial charge on any atom is -0.481 e. The highest BCUT2D eigenvalue weighted by Crippen LogP contribution is 2.13. The molecule has 0 bridgehead atoms. The highest BCUT2D eigenvalue weighted by Gasteiger charge is 2.29. The van der Waals surface area contributed by atoms with Gasteiger partial charge in [0.25, 0.3) is 0 Å². The van der Waals surface area contributed by atoms with E-state index in [9.17, 15) is 9.90 Å². The van der Waals surface area contributed by atoms with Gasteiger partial charge in [0.1, 0.15) is 0 Å². The van der Waals surface area contributed by atoms with Crippen molar-refractivity contribution in [2.24, 2.45) is 5.92 Å². The van der Waals surface area contributed by atoms with E-state index in [1.165, 1.54) is 0 Å². The minimum absolute atomic E-state index is 0.169. The summed E-state index contributed by atoms with van der Waals surface area (Å²) in [6.07, 6.45) is -0.522. The quantitative estimate of drug-likeness (QED) is 0.619. The summed E-state index contributed by atoms with van der Waals surface area (Å²) >= 11 is 0. The van der Waals surface area contributed by atoms with Crippen molar-refractivity contribution < 1.29 is 15.0 Å². The van der Waals surface area contributed by atoms with Gasteiger partial charge in [-0.25, -0.2) is 0 Å². The molecule has 4 nitrogen and oxygen atoms in total. The highest BCUT2D eigenvalue weighted by atomic mass is 16.4. The Balaban J connectivity index is 4.31. The van der Waals surface area contributed by atoms with E-state index in [1.54, 1.807) is 13.8 Å². The van der Waals surface area contributed by atoms with Crippen molar-refractivity contribution in [1.82, 2.24) is 5.32 Å². The smallest absolute Gasteiger partial charge is 0.307 e. The first kappa shape index (κ1) is 13.4. The molecule has 3 unspecified atom stereocenters. The van der Waals surface area contributed by atoms with Crippen LogP contribution in [0, 0.1) is 5.92 Å². The topological polar surface area (TPSA) is 69.6 Å². The molecule has 0 radical (unpaired) electrons. The van der Waals surface area contributed by atoms with Crippen LogP contribution in [0.25, 0.3) is 0 Å². The van der Waals surface area contributed by atoms with Crippen LogP contribution in [-0.4, -0.2) is 33.9 Å². The number of hydrogen-bond donors (Lipinski definition) is 3. The lowest BCUT2D eigenvalue weighted by Gasteiger charge is -2.34. The van der Waals surface area contributed by atoms with E-state index in [0.29, 0.717) is 0 Å². The molecule has 0 saturated heterocycles. The fraction of sp³-hybridized carbons (Fsp3) is 0.900. The van der Waals surface area contributed by atoms with E-state index >= 15 is 0 Å². The van der Waals surface area contributed by atoms with E-state index in [4.69, 9.17) is 5.11 Å². The highest BCUT2D eigenvalue weighted by molar-refractivity contribution is 5.70. The molecule has 0 aliphatic heterocycles. The number of aliphatic hydroxyl groups is 1. The molecule has 0 rings (SSSR count). The fourth-order valence-electron chi connectivity index (χ4n) is 1.05. The molecule has 0 spiro atoms. The van der Waals surface area contributed by atoms with Crippen LogP contribution >= 0.6 is 0 Å². The molecule has 0 amide bonds. The fourth-order valence-corrected chi connectivity index (χ4v) is 1.05. The molecular formula is C10H21NO3. The molecule has 14 heavy (non-hydrogen) atoms. The Morgan fingerprint density at radius 1 is 1.29 bits per heavy atom. The van der Waals surface area contributed by atoms with Crippen molar-refractivity contribution in [3.8, 4) is 0 Å². The zero-order valence-corrected chi connectivity index (χ0v) is 9.53. The average Bonchev–Trinajstić information content (AvgIpc) is 2.01. The molecule has 3 atom stereocenters. The Morgan fingerprint density at radius 3 is 2.00 bits per heavy atom. The van der Waals surface area contributed by atoms with Crippen molar-refractivity contribution in [2.45, 2.75) is 52.3 Å². The maximum atomic E-state index is 10.7. The number of nitrogens with one attached hydrogen (secondary N) is 1. The first-order chi connectivity index (χ1) is 6.18. The second kappa shape index (κ2) is 4.75. The van der Waals surface area contributed by atoms with Crippen LogP contribution in [0.1, 0.15) is 34.6 Å². The van der Waals surface area contributed by atoms with Gasteiger partial charge in [-0.15, -0.1) is 0 Å². The molecule has 4 heteroatoms. The molecule has 0 aromatic rings. The summed E-state index contributed by atoms with van der Waals surface area (Å²) in [5.74, 6) is -1.29. The number of hydrogen-bond acceptors (Lipinski definition) is 3. The predicted molar refractivity (Wildman–Crippen MR) is 55.2 cm³/mol. The van der Waals surface area contributed by atoms with Gasteiger partial charge in [0.2, 0.25) is 0 Å². The summed E-state index contributed by atoms with van der Waals surface area (Å²) in [7, 11) is 0. The Labute approximate surface area is 85.3 Å². The van der Waals surface area contributed by atoms with Crippen LogP contribution in [0.2, 0.25) is 0 Å². The van der Waals surface area contributed by atoms with Gasteiger partial charge in [0.05, 0.1) is 12.0 Å². The third-order valence-electron chi connectivity index (χ3n) is 2.78. The third kappa shape index (κ3) is 3.64. The van der Waals surface area contributed by atoms with Crippen LogP contribution in [0.4, 0.5) is 0 Å². The molecule has 0 aromatic carbocycles. The Morgan fingerprint density at radius 2 is 1.71 bits per heavy atom.